The highest BCUT2D eigenvalue weighted by molar-refractivity contribution is 5.97. The minimum absolute atomic E-state index is 0.298. The third kappa shape index (κ3) is 3.92. The van der Waals surface area contributed by atoms with Gasteiger partial charge >= 0.3 is 5.97 Å². The van der Waals surface area contributed by atoms with Crippen LogP contribution in [-0.4, -0.2) is 23.1 Å². The summed E-state index contributed by atoms with van der Waals surface area (Å²) in [4.78, 5) is 24.0. The van der Waals surface area contributed by atoms with E-state index >= 15 is 0 Å². The van der Waals surface area contributed by atoms with Crippen LogP contribution in [0.15, 0.2) is 40.9 Å². The summed E-state index contributed by atoms with van der Waals surface area (Å²) in [6.45, 7) is 3.48. The number of hydrogen-bond donors (Lipinski definition) is 1. The van der Waals surface area contributed by atoms with Crippen molar-refractivity contribution in [3.63, 3.8) is 0 Å². The molecule has 0 fully saturated rings. The van der Waals surface area contributed by atoms with E-state index in [0.717, 1.165) is 0 Å². The fourth-order valence-electron chi connectivity index (χ4n) is 1.73. The number of rotatable bonds is 5. The standard InChI is InChI=1S/C15H16N2O4/c1-3-12(14(18)16-13-9-10(2)21-17-13)20-15(19)11-7-5-4-6-8-11/h4-9,12H,3H2,1-2H3,(H,16,17,18)/t12-/m0/s1. The third-order valence-electron chi connectivity index (χ3n) is 2.80. The Kier molecular flexibility index (Phi) is 4.71. The number of amides is 1. The van der Waals surface area contributed by atoms with Crippen LogP contribution in [0.5, 0.6) is 0 Å². The number of aromatic nitrogens is 1. The molecule has 0 saturated carbocycles. The molecular weight excluding hydrogens is 272 g/mol. The fourth-order valence-corrected chi connectivity index (χ4v) is 1.73. The van der Waals surface area contributed by atoms with E-state index in [1.807, 2.05) is 0 Å². The number of anilines is 1. The van der Waals surface area contributed by atoms with Crippen LogP contribution in [0.2, 0.25) is 0 Å². The lowest BCUT2D eigenvalue weighted by molar-refractivity contribution is -0.124. The molecule has 1 heterocycles. The molecule has 2 rings (SSSR count). The Morgan fingerprint density at radius 2 is 2.05 bits per heavy atom. The molecule has 1 aromatic carbocycles. The van der Waals surface area contributed by atoms with Crippen molar-refractivity contribution in [2.24, 2.45) is 0 Å². The van der Waals surface area contributed by atoms with Gasteiger partial charge in [-0.25, -0.2) is 4.79 Å². The molecule has 21 heavy (non-hydrogen) atoms. The molecule has 0 aliphatic carbocycles. The lowest BCUT2D eigenvalue weighted by Gasteiger charge is -2.14. The molecule has 2 aromatic rings. The number of benzene rings is 1. The average molecular weight is 288 g/mol. The van der Waals surface area contributed by atoms with Crippen molar-refractivity contribution >= 4 is 17.7 Å². The molecule has 1 amide bonds. The highest BCUT2D eigenvalue weighted by Crippen LogP contribution is 2.11. The summed E-state index contributed by atoms with van der Waals surface area (Å²) in [6, 6.07) is 10.1. The first-order chi connectivity index (χ1) is 10.1. The Morgan fingerprint density at radius 3 is 2.62 bits per heavy atom. The van der Waals surface area contributed by atoms with Crippen molar-refractivity contribution in [1.29, 1.82) is 0 Å². The van der Waals surface area contributed by atoms with E-state index < -0.39 is 18.0 Å². The van der Waals surface area contributed by atoms with Gasteiger partial charge in [0, 0.05) is 6.07 Å². The lowest BCUT2D eigenvalue weighted by atomic mass is 10.2. The van der Waals surface area contributed by atoms with Gasteiger partial charge in [-0.05, 0) is 25.5 Å². The van der Waals surface area contributed by atoms with Crippen molar-refractivity contribution in [3.05, 3.63) is 47.7 Å². The van der Waals surface area contributed by atoms with Crippen LogP contribution in [0.4, 0.5) is 5.82 Å². The SMILES string of the molecule is CC[C@H](OC(=O)c1ccccc1)C(=O)Nc1cc(C)on1. The number of hydrogen-bond acceptors (Lipinski definition) is 5. The summed E-state index contributed by atoms with van der Waals surface area (Å²) < 4.78 is 10.1. The molecule has 0 aliphatic rings. The normalized spacial score (nSPS) is 11.7. The topological polar surface area (TPSA) is 81.4 Å². The zero-order valence-corrected chi connectivity index (χ0v) is 11.8. The summed E-state index contributed by atoms with van der Waals surface area (Å²) in [5.41, 5.74) is 0.404. The van der Waals surface area contributed by atoms with Gasteiger partial charge in [-0.3, -0.25) is 4.79 Å². The van der Waals surface area contributed by atoms with Crippen molar-refractivity contribution in [2.75, 3.05) is 5.32 Å². The summed E-state index contributed by atoms with van der Waals surface area (Å²) in [7, 11) is 0. The number of esters is 1. The second kappa shape index (κ2) is 6.69. The largest absolute Gasteiger partial charge is 0.449 e. The number of ether oxygens (including phenoxy) is 1. The summed E-state index contributed by atoms with van der Waals surface area (Å²) in [6.07, 6.45) is -0.518. The van der Waals surface area contributed by atoms with Crippen LogP contribution in [0.3, 0.4) is 0 Å². The van der Waals surface area contributed by atoms with Gasteiger partial charge in [-0.1, -0.05) is 30.3 Å². The molecule has 1 atom stereocenters. The minimum Gasteiger partial charge on any atom is -0.449 e. The summed E-state index contributed by atoms with van der Waals surface area (Å²) in [5, 5.41) is 6.21. The van der Waals surface area contributed by atoms with Crippen LogP contribution in [0.1, 0.15) is 29.5 Å². The van der Waals surface area contributed by atoms with Gasteiger partial charge in [0.25, 0.3) is 5.91 Å². The molecule has 6 heteroatoms. The van der Waals surface area contributed by atoms with Crippen LogP contribution in [0.25, 0.3) is 0 Å². The van der Waals surface area contributed by atoms with Crippen molar-refractivity contribution in [3.8, 4) is 0 Å². The molecule has 0 unspecified atom stereocenters. The Hall–Kier alpha value is -2.63. The fraction of sp³-hybridized carbons (Fsp3) is 0.267. The molecule has 0 radical (unpaired) electrons. The summed E-state index contributed by atoms with van der Waals surface area (Å²) in [5.74, 6) is -0.0876. The average Bonchev–Trinajstić information content (AvgIpc) is 2.90. The van der Waals surface area contributed by atoms with E-state index in [1.54, 1.807) is 50.2 Å². The number of aryl methyl sites for hydroxylation is 1. The molecule has 1 N–H and O–H groups in total. The minimum atomic E-state index is -0.880. The van der Waals surface area contributed by atoms with Gasteiger partial charge in [0.1, 0.15) is 5.76 Å². The van der Waals surface area contributed by atoms with E-state index in [2.05, 4.69) is 10.5 Å². The summed E-state index contributed by atoms with van der Waals surface area (Å²) >= 11 is 0. The number of carbonyl (C=O) groups excluding carboxylic acids is 2. The zero-order chi connectivity index (χ0) is 15.2. The van der Waals surface area contributed by atoms with Gasteiger partial charge in [-0.15, -0.1) is 0 Å². The first-order valence-electron chi connectivity index (χ1n) is 6.60. The van der Waals surface area contributed by atoms with Crippen LogP contribution in [0, 0.1) is 6.92 Å². The molecule has 0 aliphatic heterocycles. The van der Waals surface area contributed by atoms with Gasteiger partial charge < -0.3 is 14.6 Å². The van der Waals surface area contributed by atoms with Crippen molar-refractivity contribution in [2.45, 2.75) is 26.4 Å². The molecular formula is C15H16N2O4. The highest BCUT2D eigenvalue weighted by atomic mass is 16.5. The predicted octanol–water partition coefficient (Wildman–Crippen LogP) is 2.56. The predicted molar refractivity (Wildman–Crippen MR) is 75.8 cm³/mol. The Bertz CT molecular complexity index is 622. The van der Waals surface area contributed by atoms with Crippen molar-refractivity contribution < 1.29 is 18.8 Å². The highest BCUT2D eigenvalue weighted by Gasteiger charge is 2.22. The van der Waals surface area contributed by atoms with E-state index in [1.165, 1.54) is 0 Å². The monoisotopic (exact) mass is 288 g/mol. The number of nitrogens with one attached hydrogen (secondary N) is 1. The van der Waals surface area contributed by atoms with E-state index in [9.17, 15) is 9.59 Å². The molecule has 110 valence electrons. The zero-order valence-electron chi connectivity index (χ0n) is 11.8. The third-order valence-corrected chi connectivity index (χ3v) is 2.80. The lowest BCUT2D eigenvalue weighted by Crippen LogP contribution is -2.32. The molecule has 1 aromatic heterocycles. The van der Waals surface area contributed by atoms with Crippen LogP contribution >= 0.6 is 0 Å². The number of nitrogens with zero attached hydrogens (tertiary/aromatic N) is 1. The van der Waals surface area contributed by atoms with E-state index in [0.29, 0.717) is 23.6 Å². The maximum Gasteiger partial charge on any atom is 0.338 e. The van der Waals surface area contributed by atoms with Crippen molar-refractivity contribution in [1.82, 2.24) is 5.16 Å². The van der Waals surface area contributed by atoms with Gasteiger partial charge in [0.2, 0.25) is 0 Å². The van der Waals surface area contributed by atoms with Gasteiger partial charge in [0.15, 0.2) is 11.9 Å². The number of carbonyl (C=O) groups is 2. The van der Waals surface area contributed by atoms with Gasteiger partial charge in [0.05, 0.1) is 5.56 Å². The second-order valence-electron chi connectivity index (χ2n) is 4.48. The quantitative estimate of drug-likeness (QED) is 0.855. The Balaban J connectivity index is 1.99. The molecule has 0 bridgehead atoms. The van der Waals surface area contributed by atoms with Crippen LogP contribution < -0.4 is 5.32 Å². The van der Waals surface area contributed by atoms with E-state index in [4.69, 9.17) is 9.26 Å². The molecule has 0 spiro atoms. The molecule has 6 nitrogen and oxygen atoms in total. The van der Waals surface area contributed by atoms with Crippen LogP contribution in [-0.2, 0) is 9.53 Å². The maximum absolute atomic E-state index is 12.0. The van der Waals surface area contributed by atoms with E-state index in [-0.39, 0.29) is 0 Å². The van der Waals surface area contributed by atoms with Gasteiger partial charge in [-0.2, -0.15) is 0 Å². The second-order valence-corrected chi connectivity index (χ2v) is 4.48. The molecule has 0 saturated heterocycles. The first-order valence-corrected chi connectivity index (χ1v) is 6.60. The smallest absolute Gasteiger partial charge is 0.338 e. The Morgan fingerprint density at radius 1 is 1.33 bits per heavy atom. The first kappa shape index (κ1) is 14.8. The Labute approximate surface area is 122 Å². The maximum atomic E-state index is 12.0.